The van der Waals surface area contributed by atoms with Gasteiger partial charge >= 0.3 is 0 Å². The summed E-state index contributed by atoms with van der Waals surface area (Å²) in [6, 6.07) is 0. The van der Waals surface area contributed by atoms with E-state index in [0.29, 0.717) is 0 Å². The standard InChI is InChI=1S/3C6H14/c3*1-4-6(3)5-2/h3*6H,4-5H2,1-3H3. The molecule has 0 heteroatoms. The van der Waals surface area contributed by atoms with Crippen LogP contribution in [0.3, 0.4) is 0 Å². The predicted octanol–water partition coefficient (Wildman–Crippen LogP) is 7.33. The zero-order valence-corrected chi connectivity index (χ0v) is 15.0. The van der Waals surface area contributed by atoms with E-state index >= 15 is 0 Å². The molecule has 0 aromatic heterocycles. The summed E-state index contributed by atoms with van der Waals surface area (Å²) in [6.45, 7) is 20.2. The molecule has 0 heterocycles. The van der Waals surface area contributed by atoms with Crippen LogP contribution in [0.25, 0.3) is 0 Å². The van der Waals surface area contributed by atoms with Gasteiger partial charge in [0.1, 0.15) is 0 Å². The molecule has 0 rings (SSSR count). The molecule has 0 nitrogen and oxygen atoms in total. The molecule has 0 atom stereocenters. The van der Waals surface area contributed by atoms with E-state index < -0.39 is 0 Å². The van der Waals surface area contributed by atoms with Gasteiger partial charge in [-0.2, -0.15) is 0 Å². The van der Waals surface area contributed by atoms with Crippen LogP contribution in [0.4, 0.5) is 0 Å². The van der Waals surface area contributed by atoms with Gasteiger partial charge in [0, 0.05) is 0 Å². The lowest BCUT2D eigenvalue weighted by Crippen LogP contribution is -1.85. The first-order chi connectivity index (χ1) is 8.42. The van der Waals surface area contributed by atoms with Gasteiger partial charge in [0.05, 0.1) is 0 Å². The van der Waals surface area contributed by atoms with Crippen molar-refractivity contribution >= 4 is 0 Å². The zero-order valence-electron chi connectivity index (χ0n) is 15.0. The van der Waals surface area contributed by atoms with Gasteiger partial charge in [0.15, 0.2) is 0 Å². The minimum atomic E-state index is 0.935. The molecule has 0 aliphatic heterocycles. The average molecular weight is 259 g/mol. The SMILES string of the molecule is CCC(C)CC.CCC(C)CC.CCC(C)CC. The quantitative estimate of drug-likeness (QED) is 0.468. The first-order valence-electron chi connectivity index (χ1n) is 8.42. The van der Waals surface area contributed by atoms with Gasteiger partial charge in [-0.1, -0.05) is 101 Å². The highest BCUT2D eigenvalue weighted by molar-refractivity contribution is 4.42. The average Bonchev–Trinajstić information content (AvgIpc) is 2.45. The second-order valence-corrected chi connectivity index (χ2v) is 5.77. The molecular weight excluding hydrogens is 216 g/mol. The number of hydrogen-bond donors (Lipinski definition) is 0. The smallest absolute Gasteiger partial charge is 0.0448 e. The molecule has 0 aromatic rings. The summed E-state index contributed by atoms with van der Waals surface area (Å²) in [5.74, 6) is 2.81. The van der Waals surface area contributed by atoms with Crippen LogP contribution in [0.15, 0.2) is 0 Å². The fraction of sp³-hybridized carbons (Fsp3) is 1.00. The summed E-state index contributed by atoms with van der Waals surface area (Å²) in [7, 11) is 0. The lowest BCUT2D eigenvalue weighted by molar-refractivity contribution is 0.544. The van der Waals surface area contributed by atoms with Crippen LogP contribution >= 0.6 is 0 Å². The monoisotopic (exact) mass is 258 g/mol. The molecule has 0 aliphatic carbocycles. The highest BCUT2D eigenvalue weighted by Crippen LogP contribution is 2.03. The highest BCUT2D eigenvalue weighted by atomic mass is 14.0. The largest absolute Gasteiger partial charge is 0.0651 e. The Morgan fingerprint density at radius 2 is 0.500 bits per heavy atom. The molecule has 0 unspecified atom stereocenters. The van der Waals surface area contributed by atoms with Gasteiger partial charge in [0.25, 0.3) is 0 Å². The Kier molecular flexibility index (Phi) is 24.8. The van der Waals surface area contributed by atoms with Crippen LogP contribution < -0.4 is 0 Å². The maximum Gasteiger partial charge on any atom is -0.0448 e. The third-order valence-electron chi connectivity index (χ3n) is 4.18. The Morgan fingerprint density at radius 3 is 0.500 bits per heavy atom. The minimum Gasteiger partial charge on any atom is -0.0651 e. The molecule has 0 fully saturated rings. The second-order valence-electron chi connectivity index (χ2n) is 5.77. The molecule has 0 radical (unpaired) electrons. The summed E-state index contributed by atoms with van der Waals surface area (Å²) in [4.78, 5) is 0. The lowest BCUT2D eigenvalue weighted by atomic mass is 10.1. The van der Waals surface area contributed by atoms with Gasteiger partial charge in [0.2, 0.25) is 0 Å². The van der Waals surface area contributed by atoms with E-state index in [1.807, 2.05) is 0 Å². The molecule has 0 aromatic carbocycles. The molecule has 0 N–H and O–H groups in total. The van der Waals surface area contributed by atoms with Gasteiger partial charge in [-0.3, -0.25) is 0 Å². The van der Waals surface area contributed by atoms with Crippen LogP contribution in [0.1, 0.15) is 101 Å². The summed E-state index contributed by atoms with van der Waals surface area (Å²) in [5, 5.41) is 0. The molecule has 0 amide bonds. The predicted molar refractivity (Wildman–Crippen MR) is 89.2 cm³/mol. The van der Waals surface area contributed by atoms with Crippen molar-refractivity contribution in [1.29, 1.82) is 0 Å². The van der Waals surface area contributed by atoms with Gasteiger partial charge in [-0.25, -0.2) is 0 Å². The highest BCUT2D eigenvalue weighted by Gasteiger charge is 1.89. The maximum atomic E-state index is 2.28. The van der Waals surface area contributed by atoms with Crippen molar-refractivity contribution in [2.45, 2.75) is 101 Å². The maximum absolute atomic E-state index is 2.28. The van der Waals surface area contributed by atoms with E-state index in [0.717, 1.165) is 17.8 Å². The van der Waals surface area contributed by atoms with E-state index in [1.54, 1.807) is 0 Å². The second kappa shape index (κ2) is 19.3. The van der Waals surface area contributed by atoms with E-state index in [9.17, 15) is 0 Å². The molecular formula is C18H42. The molecule has 0 saturated heterocycles. The summed E-state index contributed by atoms with van der Waals surface area (Å²) >= 11 is 0. The van der Waals surface area contributed by atoms with E-state index in [-0.39, 0.29) is 0 Å². The third kappa shape index (κ3) is 25.0. The molecule has 0 bridgehead atoms. The summed E-state index contributed by atoms with van der Waals surface area (Å²) < 4.78 is 0. The van der Waals surface area contributed by atoms with Gasteiger partial charge in [-0.05, 0) is 17.8 Å². The lowest BCUT2D eigenvalue weighted by Gasteiger charge is -1.98. The van der Waals surface area contributed by atoms with E-state index in [1.165, 1.54) is 38.5 Å². The Hall–Kier alpha value is 0. The van der Waals surface area contributed by atoms with Gasteiger partial charge < -0.3 is 0 Å². The van der Waals surface area contributed by atoms with Crippen molar-refractivity contribution in [3.63, 3.8) is 0 Å². The molecule has 114 valence electrons. The van der Waals surface area contributed by atoms with Crippen molar-refractivity contribution < 1.29 is 0 Å². The fourth-order valence-corrected chi connectivity index (χ4v) is 0.866. The van der Waals surface area contributed by atoms with Crippen molar-refractivity contribution in [1.82, 2.24) is 0 Å². The van der Waals surface area contributed by atoms with Crippen molar-refractivity contribution in [3.05, 3.63) is 0 Å². The fourth-order valence-electron chi connectivity index (χ4n) is 0.866. The Bertz CT molecular complexity index is 81.4. The molecule has 18 heavy (non-hydrogen) atoms. The first-order valence-corrected chi connectivity index (χ1v) is 8.42. The third-order valence-corrected chi connectivity index (χ3v) is 4.18. The first kappa shape index (κ1) is 23.1. The Morgan fingerprint density at radius 1 is 0.389 bits per heavy atom. The van der Waals surface area contributed by atoms with Crippen molar-refractivity contribution in [2.24, 2.45) is 17.8 Å². The Labute approximate surface area is 119 Å². The van der Waals surface area contributed by atoms with Crippen molar-refractivity contribution in [3.8, 4) is 0 Å². The number of rotatable bonds is 6. The molecule has 0 aliphatic rings. The summed E-state index contributed by atoms with van der Waals surface area (Å²) in [5.41, 5.74) is 0. The van der Waals surface area contributed by atoms with E-state index in [2.05, 4.69) is 62.3 Å². The van der Waals surface area contributed by atoms with Crippen LogP contribution in [0, 0.1) is 17.8 Å². The van der Waals surface area contributed by atoms with Gasteiger partial charge in [-0.15, -0.1) is 0 Å². The summed E-state index contributed by atoms with van der Waals surface area (Å²) in [6.07, 6.45) is 7.98. The van der Waals surface area contributed by atoms with Crippen LogP contribution in [0.2, 0.25) is 0 Å². The normalized spacial score (nSPS) is 10.0. The Balaban J connectivity index is -0.000000187. The van der Waals surface area contributed by atoms with Crippen LogP contribution in [-0.4, -0.2) is 0 Å². The molecule has 0 spiro atoms. The minimum absolute atomic E-state index is 0.935. The zero-order chi connectivity index (χ0) is 15.0. The molecule has 0 saturated carbocycles. The topological polar surface area (TPSA) is 0 Å². The van der Waals surface area contributed by atoms with Crippen molar-refractivity contribution in [2.75, 3.05) is 0 Å². The number of hydrogen-bond acceptors (Lipinski definition) is 0. The van der Waals surface area contributed by atoms with Crippen LogP contribution in [0.5, 0.6) is 0 Å². The van der Waals surface area contributed by atoms with Crippen LogP contribution in [-0.2, 0) is 0 Å². The van der Waals surface area contributed by atoms with E-state index in [4.69, 9.17) is 0 Å².